The molecule has 1 fully saturated rings. The van der Waals surface area contributed by atoms with Crippen molar-refractivity contribution < 1.29 is 19.1 Å². The zero-order valence-corrected chi connectivity index (χ0v) is 24.6. The van der Waals surface area contributed by atoms with Gasteiger partial charge in [0.2, 0.25) is 0 Å². The molecule has 4 aromatic rings. The topological polar surface area (TPSA) is 76.9 Å². The summed E-state index contributed by atoms with van der Waals surface area (Å²) in [5.41, 5.74) is 1.89. The number of halogens is 2. The Morgan fingerprint density at radius 1 is 1.10 bits per heavy atom. The van der Waals surface area contributed by atoms with Crippen LogP contribution in [0.2, 0.25) is 10.0 Å². The van der Waals surface area contributed by atoms with Gasteiger partial charge in [-0.1, -0.05) is 23.2 Å². The predicted octanol–water partition coefficient (Wildman–Crippen LogP) is 6.55. The number of esters is 1. The maximum absolute atomic E-state index is 12.8. The molecule has 2 aromatic carbocycles. The SMILES string of the molecule is CC(C)(C)OC(=O)CN(Sc1cc(Cl)cc(Cl)c1)c1ccc2c(ccn2-c2ccc(N3CCOCC3=O)cn2)c1. The number of carbonyl (C=O) groups excluding carboxylic acids is 2. The average molecular weight is 600 g/mol. The van der Waals surface area contributed by atoms with Gasteiger partial charge < -0.3 is 23.2 Å². The number of ether oxygens (including phenoxy) is 2. The number of morpholine rings is 1. The van der Waals surface area contributed by atoms with Crippen LogP contribution in [-0.4, -0.2) is 53.3 Å². The molecule has 0 saturated carbocycles. The molecule has 208 valence electrons. The smallest absolute Gasteiger partial charge is 0.327 e. The third-order valence-corrected chi connectivity index (χ3v) is 7.43. The summed E-state index contributed by atoms with van der Waals surface area (Å²) in [6.07, 6.45) is 3.65. The summed E-state index contributed by atoms with van der Waals surface area (Å²) in [6, 6.07) is 17.0. The van der Waals surface area contributed by atoms with Gasteiger partial charge in [-0.3, -0.25) is 9.59 Å². The van der Waals surface area contributed by atoms with E-state index >= 15 is 0 Å². The Morgan fingerprint density at radius 2 is 1.88 bits per heavy atom. The van der Waals surface area contributed by atoms with E-state index in [9.17, 15) is 9.59 Å². The number of amides is 1. The van der Waals surface area contributed by atoms with Gasteiger partial charge in [0.1, 0.15) is 24.6 Å². The normalized spacial score (nSPS) is 14.0. The first-order valence-electron chi connectivity index (χ1n) is 12.6. The van der Waals surface area contributed by atoms with Crippen molar-refractivity contribution in [2.45, 2.75) is 31.3 Å². The number of hydrogen-bond donors (Lipinski definition) is 0. The summed E-state index contributed by atoms with van der Waals surface area (Å²) < 4.78 is 14.7. The first kappa shape index (κ1) is 28.3. The van der Waals surface area contributed by atoms with Crippen LogP contribution in [0.4, 0.5) is 11.4 Å². The summed E-state index contributed by atoms with van der Waals surface area (Å²) >= 11 is 13.8. The highest BCUT2D eigenvalue weighted by atomic mass is 35.5. The van der Waals surface area contributed by atoms with Gasteiger partial charge in [0.25, 0.3) is 5.91 Å². The Labute approximate surface area is 246 Å². The van der Waals surface area contributed by atoms with Gasteiger partial charge >= 0.3 is 5.97 Å². The third-order valence-electron chi connectivity index (χ3n) is 5.98. The summed E-state index contributed by atoms with van der Waals surface area (Å²) in [7, 11) is 0. The molecular weight excluding hydrogens is 571 g/mol. The zero-order chi connectivity index (χ0) is 28.4. The number of rotatable bonds is 7. The summed E-state index contributed by atoms with van der Waals surface area (Å²) in [6.45, 7) is 6.63. The minimum Gasteiger partial charge on any atom is -0.459 e. The van der Waals surface area contributed by atoms with Crippen molar-refractivity contribution in [2.75, 3.05) is 35.5 Å². The maximum Gasteiger partial charge on any atom is 0.327 e. The number of carbonyl (C=O) groups is 2. The molecule has 0 unspecified atom stereocenters. The number of fused-ring (bicyclic) bond motifs is 1. The summed E-state index contributed by atoms with van der Waals surface area (Å²) in [5, 5.41) is 1.98. The molecule has 2 aromatic heterocycles. The van der Waals surface area contributed by atoms with Crippen LogP contribution in [0, 0.1) is 0 Å². The van der Waals surface area contributed by atoms with Crippen molar-refractivity contribution in [1.82, 2.24) is 9.55 Å². The van der Waals surface area contributed by atoms with Crippen LogP contribution >= 0.6 is 35.1 Å². The molecule has 11 heteroatoms. The second-order valence-corrected chi connectivity index (χ2v) is 12.2. The van der Waals surface area contributed by atoms with Gasteiger partial charge in [-0.2, -0.15) is 0 Å². The fourth-order valence-corrected chi connectivity index (χ4v) is 5.99. The lowest BCUT2D eigenvalue weighted by Gasteiger charge is -2.26. The molecule has 1 amide bonds. The van der Waals surface area contributed by atoms with E-state index in [0.717, 1.165) is 33.0 Å². The average Bonchev–Trinajstić information content (AvgIpc) is 3.30. The van der Waals surface area contributed by atoms with E-state index in [0.29, 0.717) is 23.2 Å². The fourth-order valence-electron chi connectivity index (χ4n) is 4.33. The van der Waals surface area contributed by atoms with Crippen molar-refractivity contribution in [2.24, 2.45) is 0 Å². The van der Waals surface area contributed by atoms with E-state index in [-0.39, 0.29) is 25.0 Å². The lowest BCUT2D eigenvalue weighted by molar-refractivity contribution is -0.152. The minimum atomic E-state index is -0.606. The number of hydrogen-bond acceptors (Lipinski definition) is 7. The second kappa shape index (κ2) is 11.7. The van der Waals surface area contributed by atoms with Crippen molar-refractivity contribution in [1.29, 1.82) is 0 Å². The van der Waals surface area contributed by atoms with E-state index in [2.05, 4.69) is 4.98 Å². The lowest BCUT2D eigenvalue weighted by Crippen LogP contribution is -2.41. The molecule has 40 heavy (non-hydrogen) atoms. The van der Waals surface area contributed by atoms with Gasteiger partial charge in [0.15, 0.2) is 0 Å². The highest BCUT2D eigenvalue weighted by molar-refractivity contribution is 8.00. The molecule has 0 bridgehead atoms. The number of benzene rings is 2. The van der Waals surface area contributed by atoms with Gasteiger partial charge in [-0.25, -0.2) is 4.98 Å². The second-order valence-electron chi connectivity index (χ2n) is 10.2. The number of pyridine rings is 1. The van der Waals surface area contributed by atoms with E-state index < -0.39 is 5.60 Å². The molecule has 1 saturated heterocycles. The van der Waals surface area contributed by atoms with E-state index in [4.69, 9.17) is 32.7 Å². The van der Waals surface area contributed by atoms with Gasteiger partial charge in [-0.05, 0) is 87.3 Å². The van der Waals surface area contributed by atoms with Gasteiger partial charge in [-0.15, -0.1) is 0 Å². The maximum atomic E-state index is 12.8. The van der Waals surface area contributed by atoms with Crippen LogP contribution in [0.1, 0.15) is 20.8 Å². The van der Waals surface area contributed by atoms with Crippen molar-refractivity contribution in [3.63, 3.8) is 0 Å². The van der Waals surface area contributed by atoms with E-state index in [1.165, 1.54) is 11.9 Å². The number of anilines is 2. The molecule has 0 N–H and O–H groups in total. The standard InChI is InChI=1S/C29H28Cl2N4O4S/c1-29(2,3)39-28(37)17-35(40-24-14-20(30)13-21(31)15-24)22-4-6-25-19(12-22)8-9-34(25)26-7-5-23(16-32-26)33-10-11-38-18-27(33)36/h4-9,12-16H,10-11,17-18H2,1-3H3. The Bertz CT molecular complexity index is 1530. The Hall–Kier alpha value is -3.24. The van der Waals surface area contributed by atoms with Crippen molar-refractivity contribution in [3.8, 4) is 5.82 Å². The monoisotopic (exact) mass is 598 g/mol. The highest BCUT2D eigenvalue weighted by Crippen LogP contribution is 2.35. The third kappa shape index (κ3) is 6.72. The molecule has 3 heterocycles. The van der Waals surface area contributed by atoms with E-state index in [1.54, 1.807) is 29.3 Å². The number of aromatic nitrogens is 2. The first-order valence-corrected chi connectivity index (χ1v) is 14.2. The van der Waals surface area contributed by atoms with E-state index in [1.807, 2.05) is 72.2 Å². The summed E-state index contributed by atoms with van der Waals surface area (Å²) in [4.78, 5) is 32.1. The molecule has 0 aliphatic carbocycles. The lowest BCUT2D eigenvalue weighted by atomic mass is 10.2. The summed E-state index contributed by atoms with van der Waals surface area (Å²) in [5.74, 6) is 0.295. The first-order chi connectivity index (χ1) is 19.1. The molecule has 5 rings (SSSR count). The molecule has 1 aliphatic heterocycles. The van der Waals surface area contributed by atoms with Crippen molar-refractivity contribution in [3.05, 3.63) is 77.0 Å². The fraction of sp³-hybridized carbons (Fsp3) is 0.276. The molecule has 0 radical (unpaired) electrons. The molecule has 0 atom stereocenters. The minimum absolute atomic E-state index is 0.0154. The van der Waals surface area contributed by atoms with Crippen LogP contribution in [0.15, 0.2) is 71.9 Å². The molecule has 0 spiro atoms. The predicted molar refractivity (Wildman–Crippen MR) is 160 cm³/mol. The zero-order valence-electron chi connectivity index (χ0n) is 22.3. The van der Waals surface area contributed by atoms with Crippen LogP contribution in [-0.2, 0) is 19.1 Å². The van der Waals surface area contributed by atoms with Crippen LogP contribution < -0.4 is 9.21 Å². The molecule has 8 nitrogen and oxygen atoms in total. The molecular formula is C29H28Cl2N4O4S. The van der Waals surface area contributed by atoms with Gasteiger partial charge in [0, 0.05) is 38.8 Å². The largest absolute Gasteiger partial charge is 0.459 e. The Morgan fingerprint density at radius 3 is 2.55 bits per heavy atom. The van der Waals surface area contributed by atoms with Gasteiger partial charge in [0.05, 0.1) is 24.0 Å². The van der Waals surface area contributed by atoms with Crippen molar-refractivity contribution >= 4 is 69.3 Å². The quantitative estimate of drug-likeness (QED) is 0.176. The molecule has 1 aliphatic rings. The Balaban J connectivity index is 1.42. The van der Waals surface area contributed by atoms with Crippen LogP contribution in [0.3, 0.4) is 0 Å². The number of nitrogens with zero attached hydrogens (tertiary/aromatic N) is 4. The van der Waals surface area contributed by atoms with Crippen LogP contribution in [0.25, 0.3) is 16.7 Å². The van der Waals surface area contributed by atoms with Crippen LogP contribution in [0.5, 0.6) is 0 Å². The Kier molecular flexibility index (Phi) is 8.28. The highest BCUT2D eigenvalue weighted by Gasteiger charge is 2.22.